The van der Waals surface area contributed by atoms with E-state index in [-0.39, 0.29) is 55.1 Å². The van der Waals surface area contributed by atoms with E-state index >= 15 is 0 Å². The van der Waals surface area contributed by atoms with Crippen LogP contribution in [0.2, 0.25) is 15.1 Å². The number of benzene rings is 2. The Kier molecular flexibility index (Phi) is 9.83. The summed E-state index contributed by atoms with van der Waals surface area (Å²) in [5.41, 5.74) is 0.603. The molecule has 0 aliphatic heterocycles. The lowest BCUT2D eigenvalue weighted by Crippen LogP contribution is -2.43. The number of ether oxygens (including phenoxy) is 1. The normalized spacial score (nSPS) is 17.8. The van der Waals surface area contributed by atoms with Crippen LogP contribution in [0.25, 0.3) is 0 Å². The van der Waals surface area contributed by atoms with Crippen molar-refractivity contribution in [2.24, 2.45) is 5.92 Å². The van der Waals surface area contributed by atoms with Crippen LogP contribution < -0.4 is 10.1 Å². The number of aliphatic hydroxyl groups is 1. The van der Waals surface area contributed by atoms with E-state index in [1.54, 1.807) is 24.3 Å². The quantitative estimate of drug-likeness (QED) is 0.484. The number of hydrogen-bond acceptors (Lipinski definition) is 4. The van der Waals surface area contributed by atoms with Crippen LogP contribution in [-0.2, 0) is 16.1 Å². The zero-order chi connectivity index (χ0) is 24.7. The molecule has 6 nitrogen and oxygen atoms in total. The molecule has 10 heteroatoms. The third-order valence-electron chi connectivity index (χ3n) is 5.74. The van der Waals surface area contributed by atoms with Gasteiger partial charge in [-0.05, 0) is 55.5 Å². The standard InChI is InChI=1S/C24H26Cl3FN2O4/c25-19-8-6-18(12-21(19)27)34-14-23(32)29-17-4-2-16(3-5-17)24(33)30(9-10-31)13-15-1-7-20(26)22(28)11-15/h1,6-8,11-12,16-17,31H,2-5,9-10,13-14H2,(H,29,32). The lowest BCUT2D eigenvalue weighted by Gasteiger charge is -2.32. The first-order chi connectivity index (χ1) is 16.3. The first kappa shape index (κ1) is 26.5. The smallest absolute Gasteiger partial charge is 0.258 e. The number of carbonyl (C=O) groups is 2. The van der Waals surface area contributed by atoms with E-state index in [2.05, 4.69) is 5.32 Å². The molecule has 2 aromatic rings. The number of hydrogen-bond donors (Lipinski definition) is 2. The molecule has 0 spiro atoms. The average molecular weight is 532 g/mol. The topological polar surface area (TPSA) is 78.9 Å². The SMILES string of the molecule is O=C(COc1ccc(Cl)c(Cl)c1)NC1CCC(C(=O)N(CCO)Cc2ccc(Cl)c(F)c2)CC1. The predicted molar refractivity (Wildman–Crippen MR) is 130 cm³/mol. The molecule has 0 unspecified atom stereocenters. The zero-order valence-corrected chi connectivity index (χ0v) is 20.7. The van der Waals surface area contributed by atoms with Crippen LogP contribution in [0.5, 0.6) is 5.75 Å². The van der Waals surface area contributed by atoms with Gasteiger partial charge in [0.05, 0.1) is 21.7 Å². The molecule has 34 heavy (non-hydrogen) atoms. The first-order valence-corrected chi connectivity index (χ1v) is 12.1. The second kappa shape index (κ2) is 12.6. The molecule has 0 saturated heterocycles. The van der Waals surface area contributed by atoms with Crippen molar-refractivity contribution in [3.05, 3.63) is 62.8 Å². The van der Waals surface area contributed by atoms with E-state index in [4.69, 9.17) is 39.5 Å². The Hall–Kier alpha value is -2.06. The minimum absolute atomic E-state index is 0.0199. The molecule has 0 heterocycles. The maximum absolute atomic E-state index is 13.8. The molecule has 1 aliphatic carbocycles. The molecule has 2 N–H and O–H groups in total. The third kappa shape index (κ3) is 7.47. The Bertz CT molecular complexity index is 1020. The van der Waals surface area contributed by atoms with Crippen molar-refractivity contribution in [1.29, 1.82) is 0 Å². The van der Waals surface area contributed by atoms with E-state index in [0.717, 1.165) is 0 Å². The lowest BCUT2D eigenvalue weighted by molar-refractivity contribution is -0.138. The summed E-state index contributed by atoms with van der Waals surface area (Å²) in [5.74, 6) is -0.660. The van der Waals surface area contributed by atoms with Crippen LogP contribution in [0.1, 0.15) is 31.2 Å². The molecule has 1 fully saturated rings. The summed E-state index contributed by atoms with van der Waals surface area (Å²) in [5, 5.41) is 13.1. The van der Waals surface area contributed by atoms with Gasteiger partial charge in [0.25, 0.3) is 5.91 Å². The molecule has 3 rings (SSSR count). The molecular formula is C24H26Cl3FN2O4. The highest BCUT2D eigenvalue weighted by Gasteiger charge is 2.30. The second-order valence-electron chi connectivity index (χ2n) is 8.21. The van der Waals surface area contributed by atoms with Gasteiger partial charge in [-0.25, -0.2) is 4.39 Å². The van der Waals surface area contributed by atoms with Gasteiger partial charge in [-0.3, -0.25) is 9.59 Å². The molecule has 184 valence electrons. The van der Waals surface area contributed by atoms with Gasteiger partial charge in [-0.2, -0.15) is 0 Å². The van der Waals surface area contributed by atoms with Crippen molar-refractivity contribution in [3.8, 4) is 5.75 Å². The Balaban J connectivity index is 1.47. The molecule has 0 atom stereocenters. The monoisotopic (exact) mass is 530 g/mol. The van der Waals surface area contributed by atoms with Gasteiger partial charge in [0.1, 0.15) is 11.6 Å². The lowest BCUT2D eigenvalue weighted by atomic mass is 9.85. The van der Waals surface area contributed by atoms with Gasteiger partial charge >= 0.3 is 0 Å². The number of nitrogens with zero attached hydrogens (tertiary/aromatic N) is 1. The van der Waals surface area contributed by atoms with Crippen molar-refractivity contribution < 1.29 is 23.8 Å². The highest BCUT2D eigenvalue weighted by Crippen LogP contribution is 2.28. The summed E-state index contributed by atoms with van der Waals surface area (Å²) in [6.45, 7) is 0.00674. The third-order valence-corrected chi connectivity index (χ3v) is 6.79. The number of halogens is 4. The summed E-state index contributed by atoms with van der Waals surface area (Å²) in [4.78, 5) is 26.9. The van der Waals surface area contributed by atoms with E-state index in [0.29, 0.717) is 47.0 Å². The molecule has 2 amide bonds. The van der Waals surface area contributed by atoms with Gasteiger partial charge < -0.3 is 20.1 Å². The average Bonchev–Trinajstić information content (AvgIpc) is 2.82. The second-order valence-corrected chi connectivity index (χ2v) is 9.43. The van der Waals surface area contributed by atoms with Crippen LogP contribution in [0.3, 0.4) is 0 Å². The van der Waals surface area contributed by atoms with Crippen LogP contribution in [-0.4, -0.2) is 47.6 Å². The minimum atomic E-state index is -0.546. The maximum Gasteiger partial charge on any atom is 0.258 e. The summed E-state index contributed by atoms with van der Waals surface area (Å²) in [6, 6.07) is 9.14. The fourth-order valence-electron chi connectivity index (χ4n) is 3.97. The summed E-state index contributed by atoms with van der Waals surface area (Å²) >= 11 is 17.5. The molecule has 0 bridgehead atoms. The van der Waals surface area contributed by atoms with Crippen LogP contribution >= 0.6 is 34.8 Å². The van der Waals surface area contributed by atoms with Crippen molar-refractivity contribution in [3.63, 3.8) is 0 Å². The highest BCUT2D eigenvalue weighted by atomic mass is 35.5. The van der Waals surface area contributed by atoms with Crippen LogP contribution in [0.4, 0.5) is 4.39 Å². The van der Waals surface area contributed by atoms with Crippen LogP contribution in [0, 0.1) is 11.7 Å². The summed E-state index contributed by atoms with van der Waals surface area (Å²) in [7, 11) is 0. The van der Waals surface area contributed by atoms with E-state index in [1.807, 2.05) is 0 Å². The Morgan fingerprint density at radius 2 is 1.74 bits per heavy atom. The molecule has 1 saturated carbocycles. The van der Waals surface area contributed by atoms with Crippen LogP contribution in [0.15, 0.2) is 36.4 Å². The molecule has 1 aliphatic rings. The van der Waals surface area contributed by atoms with Crippen molar-refractivity contribution in [2.75, 3.05) is 19.8 Å². The number of aliphatic hydroxyl groups excluding tert-OH is 1. The fraction of sp³-hybridized carbons (Fsp3) is 0.417. The predicted octanol–water partition coefficient (Wildman–Crippen LogP) is 4.86. The van der Waals surface area contributed by atoms with E-state index < -0.39 is 5.82 Å². The van der Waals surface area contributed by atoms with E-state index in [1.165, 1.54) is 17.0 Å². The van der Waals surface area contributed by atoms with Gasteiger partial charge in [0.15, 0.2) is 6.61 Å². The number of nitrogens with one attached hydrogen (secondary N) is 1. The highest BCUT2D eigenvalue weighted by molar-refractivity contribution is 6.42. The fourth-order valence-corrected chi connectivity index (χ4v) is 4.38. The van der Waals surface area contributed by atoms with Gasteiger partial charge in [-0.15, -0.1) is 0 Å². The Morgan fingerprint density at radius 1 is 1.03 bits per heavy atom. The number of rotatable bonds is 9. The van der Waals surface area contributed by atoms with Crippen molar-refractivity contribution >= 4 is 46.6 Å². The van der Waals surface area contributed by atoms with Crippen molar-refractivity contribution in [1.82, 2.24) is 10.2 Å². The summed E-state index contributed by atoms with van der Waals surface area (Å²) in [6.07, 6.45) is 2.51. The molecular weight excluding hydrogens is 506 g/mol. The molecule has 0 aromatic heterocycles. The first-order valence-electron chi connectivity index (χ1n) is 11.0. The van der Waals surface area contributed by atoms with Gasteiger partial charge in [0.2, 0.25) is 5.91 Å². The van der Waals surface area contributed by atoms with Gasteiger partial charge in [0, 0.05) is 31.1 Å². The largest absolute Gasteiger partial charge is 0.484 e. The van der Waals surface area contributed by atoms with Gasteiger partial charge in [-0.1, -0.05) is 40.9 Å². The van der Waals surface area contributed by atoms with E-state index in [9.17, 15) is 19.1 Å². The molecule has 2 aromatic carbocycles. The number of carbonyl (C=O) groups excluding carboxylic acids is 2. The Morgan fingerprint density at radius 3 is 2.38 bits per heavy atom. The number of amides is 2. The maximum atomic E-state index is 13.8. The Labute approximate surface area is 212 Å². The zero-order valence-electron chi connectivity index (χ0n) is 18.4. The molecule has 0 radical (unpaired) electrons. The minimum Gasteiger partial charge on any atom is -0.484 e. The summed E-state index contributed by atoms with van der Waals surface area (Å²) < 4.78 is 19.2. The van der Waals surface area contributed by atoms with Crippen molar-refractivity contribution in [2.45, 2.75) is 38.3 Å².